The van der Waals surface area contributed by atoms with Crippen LogP contribution in [0.2, 0.25) is 0 Å². The van der Waals surface area contributed by atoms with E-state index in [4.69, 9.17) is 8.83 Å². The van der Waals surface area contributed by atoms with Crippen molar-refractivity contribution in [1.82, 2.24) is 0 Å². The van der Waals surface area contributed by atoms with Crippen LogP contribution in [-0.2, 0) is 0 Å². The van der Waals surface area contributed by atoms with Crippen LogP contribution in [0.5, 0.6) is 17.2 Å². The number of phenols is 1. The summed E-state index contributed by atoms with van der Waals surface area (Å²) in [6, 6.07) is 16.9. The van der Waals surface area contributed by atoms with Gasteiger partial charge >= 0.3 is 11.3 Å². The Hall–Kier alpha value is -4.08. The zero-order valence-electron chi connectivity index (χ0n) is 22.4. The molecule has 1 unspecified atom stereocenters. The van der Waals surface area contributed by atoms with Crippen molar-refractivity contribution in [3.05, 3.63) is 109 Å². The molecule has 0 aliphatic carbocycles. The van der Waals surface area contributed by atoms with Gasteiger partial charge in [0.1, 0.15) is 22.7 Å². The minimum atomic E-state index is -1.46. The number of para-hydroxylation sites is 2. The monoisotopic (exact) mass is 607 g/mol. The van der Waals surface area contributed by atoms with Crippen molar-refractivity contribution in [2.45, 2.75) is 26.7 Å². The van der Waals surface area contributed by atoms with Gasteiger partial charge in [0, 0.05) is 21.0 Å². The van der Waals surface area contributed by atoms with E-state index in [0.717, 1.165) is 0 Å². The first-order valence-electron chi connectivity index (χ1n) is 13.0. The summed E-state index contributed by atoms with van der Waals surface area (Å²) < 4.78 is 11.3. The van der Waals surface area contributed by atoms with E-state index in [-0.39, 0.29) is 38.8 Å². The van der Waals surface area contributed by atoms with E-state index in [0.29, 0.717) is 4.47 Å². The highest BCUT2D eigenvalue weighted by Crippen LogP contribution is 2.44. The van der Waals surface area contributed by atoms with Gasteiger partial charge in [-0.05, 0) is 57.2 Å². The quantitative estimate of drug-likeness (QED) is 0.246. The van der Waals surface area contributed by atoms with Crippen molar-refractivity contribution in [2.75, 3.05) is 19.6 Å². The lowest BCUT2D eigenvalue weighted by Gasteiger charge is -2.24. The number of benzene rings is 3. The molecule has 3 aromatic carbocycles. The molecule has 5 rings (SSSR count). The Morgan fingerprint density at radius 1 is 0.800 bits per heavy atom. The van der Waals surface area contributed by atoms with Crippen LogP contribution in [0.25, 0.3) is 21.9 Å². The van der Waals surface area contributed by atoms with Crippen molar-refractivity contribution in [3.8, 4) is 17.2 Å². The van der Waals surface area contributed by atoms with E-state index < -0.39 is 34.2 Å². The highest BCUT2D eigenvalue weighted by Gasteiger charge is 2.32. The van der Waals surface area contributed by atoms with Crippen molar-refractivity contribution >= 4 is 37.9 Å². The third kappa shape index (κ3) is 5.61. The number of nitrogens with one attached hydrogen (secondary N) is 1. The third-order valence-corrected chi connectivity index (χ3v) is 7.49. The highest BCUT2D eigenvalue weighted by atomic mass is 79.9. The lowest BCUT2D eigenvalue weighted by molar-refractivity contribution is -0.894. The number of hydrogen-bond acceptors (Lipinski definition) is 7. The van der Waals surface area contributed by atoms with Crippen LogP contribution in [0.1, 0.15) is 43.4 Å². The highest BCUT2D eigenvalue weighted by molar-refractivity contribution is 9.10. The van der Waals surface area contributed by atoms with E-state index >= 15 is 0 Å². The van der Waals surface area contributed by atoms with Gasteiger partial charge in [0.05, 0.1) is 36.5 Å². The summed E-state index contributed by atoms with van der Waals surface area (Å²) in [4.78, 5) is 27.8. The Morgan fingerprint density at radius 2 is 1.32 bits per heavy atom. The molecule has 0 radical (unpaired) electrons. The molecule has 0 bridgehead atoms. The van der Waals surface area contributed by atoms with E-state index in [2.05, 4.69) is 36.7 Å². The van der Waals surface area contributed by atoms with E-state index in [1.54, 1.807) is 35.2 Å². The standard InChI is InChI=1S/C25H15BrO7.C6H15N/c26-12-9-10-16(27)15(11-12)19(20-22(28)13-5-1-3-7-17(13)32-24(20)30)21-23(29)14-6-2-4-8-18(14)33-25(21)31;1-4-7(5-2)6-3/h1-11,19,27-29H;4-6H2,1-3H3. The van der Waals surface area contributed by atoms with Crippen LogP contribution in [0.15, 0.2) is 89.6 Å². The van der Waals surface area contributed by atoms with Crippen molar-refractivity contribution in [2.24, 2.45) is 0 Å². The molecule has 0 saturated carbocycles. The van der Waals surface area contributed by atoms with Gasteiger partial charge in [-0.15, -0.1) is 0 Å². The molecule has 0 aliphatic heterocycles. The van der Waals surface area contributed by atoms with Gasteiger partial charge in [-0.25, -0.2) is 9.59 Å². The predicted octanol–water partition coefficient (Wildman–Crippen LogP) is 4.26. The summed E-state index contributed by atoms with van der Waals surface area (Å²) in [7, 11) is 0. The molecule has 208 valence electrons. The second-order valence-electron chi connectivity index (χ2n) is 9.22. The van der Waals surface area contributed by atoms with Crippen molar-refractivity contribution < 1.29 is 29.1 Å². The normalized spacial score (nSPS) is 11.9. The Kier molecular flexibility index (Phi) is 8.96. The molecule has 0 spiro atoms. The number of aromatic hydroxyl groups is 2. The fourth-order valence-electron chi connectivity index (χ4n) is 4.75. The number of hydrogen-bond donors (Lipinski definition) is 3. The first-order chi connectivity index (χ1) is 19.2. The molecule has 0 amide bonds. The maximum atomic E-state index is 13.5. The number of phenolic OH excluding ortho intramolecular Hbond substituents is 1. The first-order valence-corrected chi connectivity index (χ1v) is 13.8. The summed E-state index contributed by atoms with van der Waals surface area (Å²) in [6.45, 7) is 10.5. The average Bonchev–Trinajstić information content (AvgIpc) is 2.95. The molecule has 8 nitrogen and oxygen atoms in total. The molecule has 0 fully saturated rings. The van der Waals surface area contributed by atoms with Gasteiger partial charge in [-0.3, -0.25) is 0 Å². The fraction of sp³-hybridized carbons (Fsp3) is 0.226. The molecule has 1 atom stereocenters. The van der Waals surface area contributed by atoms with Crippen LogP contribution < -0.4 is 21.3 Å². The predicted molar refractivity (Wildman–Crippen MR) is 155 cm³/mol. The van der Waals surface area contributed by atoms with Crippen LogP contribution in [0.4, 0.5) is 0 Å². The summed E-state index contributed by atoms with van der Waals surface area (Å²) in [5, 5.41) is 35.5. The van der Waals surface area contributed by atoms with Crippen LogP contribution in [-0.4, -0.2) is 29.8 Å². The van der Waals surface area contributed by atoms with Gasteiger partial charge in [0.15, 0.2) is 0 Å². The molecule has 9 heteroatoms. The van der Waals surface area contributed by atoms with Crippen LogP contribution in [0.3, 0.4) is 0 Å². The lowest BCUT2D eigenvalue weighted by atomic mass is 9.84. The molecular formula is C31H30BrNO7. The summed E-state index contributed by atoms with van der Waals surface area (Å²) >= 11 is 3.31. The third-order valence-electron chi connectivity index (χ3n) is 7.00. The Labute approximate surface area is 238 Å². The molecule has 2 heterocycles. The number of rotatable bonds is 6. The van der Waals surface area contributed by atoms with Crippen LogP contribution >= 0.6 is 15.9 Å². The second kappa shape index (κ2) is 12.4. The minimum Gasteiger partial charge on any atom is -0.872 e. The van der Waals surface area contributed by atoms with E-state index in [1.165, 1.54) is 56.0 Å². The van der Waals surface area contributed by atoms with Crippen molar-refractivity contribution in [3.63, 3.8) is 0 Å². The first kappa shape index (κ1) is 28.9. The average molecular weight is 608 g/mol. The summed E-state index contributed by atoms with van der Waals surface area (Å²) in [5.74, 6) is -2.89. The molecule has 0 saturated heterocycles. The topological polar surface area (TPSA) is 128 Å². The molecule has 5 aromatic rings. The molecule has 0 aliphatic rings. The second-order valence-corrected chi connectivity index (χ2v) is 10.1. The van der Waals surface area contributed by atoms with E-state index in [9.17, 15) is 24.9 Å². The van der Waals surface area contributed by atoms with E-state index in [1.807, 2.05) is 0 Å². The maximum Gasteiger partial charge on any atom is 0.344 e. The summed E-state index contributed by atoms with van der Waals surface area (Å²) in [5.41, 5.74) is -2.47. The lowest BCUT2D eigenvalue weighted by Crippen LogP contribution is -3.11. The van der Waals surface area contributed by atoms with Gasteiger partial charge in [0.2, 0.25) is 0 Å². The maximum absolute atomic E-state index is 13.5. The smallest absolute Gasteiger partial charge is 0.344 e. The van der Waals surface area contributed by atoms with Gasteiger partial charge in [0.25, 0.3) is 0 Å². The van der Waals surface area contributed by atoms with Gasteiger partial charge in [-0.2, -0.15) is 0 Å². The summed E-state index contributed by atoms with van der Waals surface area (Å²) in [6.07, 6.45) is 0. The molecule has 3 N–H and O–H groups in total. The van der Waals surface area contributed by atoms with Gasteiger partial charge in [-0.1, -0.05) is 52.0 Å². The Bertz CT molecular complexity index is 1670. The van der Waals surface area contributed by atoms with Gasteiger partial charge < -0.3 is 29.1 Å². The molecule has 2 aromatic heterocycles. The molecule has 40 heavy (non-hydrogen) atoms. The SMILES string of the molecule is CC[NH+](CC)CC.O=c1oc2ccccc2c([O-])c1C(c1cc(Br)ccc1O)c1c(O)c2ccccc2oc1=O. The Balaban J connectivity index is 0.000000470. The molecular weight excluding hydrogens is 578 g/mol. The number of fused-ring (bicyclic) bond motifs is 2. The largest absolute Gasteiger partial charge is 0.872 e. The zero-order valence-corrected chi connectivity index (χ0v) is 23.9. The Morgan fingerprint density at radius 3 is 1.90 bits per heavy atom. The van der Waals surface area contributed by atoms with Crippen LogP contribution in [0, 0.1) is 0 Å². The number of halogens is 1. The fourth-order valence-corrected chi connectivity index (χ4v) is 5.13. The van der Waals surface area contributed by atoms with Crippen molar-refractivity contribution in [1.29, 1.82) is 0 Å². The zero-order chi connectivity index (χ0) is 29.0. The number of quaternary nitrogens is 1. The minimum absolute atomic E-state index is 0.0435.